The van der Waals surface area contributed by atoms with E-state index in [2.05, 4.69) is 10.1 Å². The predicted molar refractivity (Wildman–Crippen MR) is 76.0 cm³/mol. The van der Waals surface area contributed by atoms with Gasteiger partial charge in [-0.1, -0.05) is 0 Å². The van der Waals surface area contributed by atoms with Crippen molar-refractivity contribution >= 4 is 17.4 Å². The van der Waals surface area contributed by atoms with Crippen LogP contribution in [0.15, 0.2) is 35.6 Å². The minimum absolute atomic E-state index is 0.330. The maximum atomic E-state index is 11.9. The second-order valence-corrected chi connectivity index (χ2v) is 4.69. The topological polar surface area (TPSA) is 56.5 Å². The number of hydrogen-bond acceptors (Lipinski definition) is 4. The van der Waals surface area contributed by atoms with Crippen molar-refractivity contribution in [3.05, 3.63) is 41.7 Å². The van der Waals surface area contributed by atoms with Gasteiger partial charge < -0.3 is 4.74 Å². The summed E-state index contributed by atoms with van der Waals surface area (Å²) in [5.74, 6) is -0.330. The second kappa shape index (κ2) is 4.92. The highest BCUT2D eigenvalue weighted by Crippen LogP contribution is 2.33. The molecule has 0 bridgehead atoms. The van der Waals surface area contributed by atoms with Gasteiger partial charge in [0.15, 0.2) is 0 Å². The van der Waals surface area contributed by atoms with Crippen LogP contribution in [0.4, 0.5) is 5.69 Å². The maximum absolute atomic E-state index is 11.9. The summed E-state index contributed by atoms with van der Waals surface area (Å²) in [6, 6.07) is 5.46. The molecule has 1 aromatic heterocycles. The molecule has 2 aromatic rings. The molecule has 5 nitrogen and oxygen atoms in total. The number of fused-ring (bicyclic) bond motifs is 1. The van der Waals surface area contributed by atoms with Crippen molar-refractivity contribution in [3.8, 4) is 5.69 Å². The van der Waals surface area contributed by atoms with Gasteiger partial charge in [0.25, 0.3) is 0 Å². The van der Waals surface area contributed by atoms with E-state index in [1.807, 2.05) is 25.3 Å². The molecule has 0 amide bonds. The molecule has 3 rings (SSSR count). The van der Waals surface area contributed by atoms with Crippen LogP contribution >= 0.6 is 0 Å². The molecule has 0 aliphatic carbocycles. The molecule has 0 fully saturated rings. The first-order valence-electron chi connectivity index (χ1n) is 6.57. The first kappa shape index (κ1) is 12.6. The summed E-state index contributed by atoms with van der Waals surface area (Å²) in [7, 11) is 0. The summed E-state index contributed by atoms with van der Waals surface area (Å²) in [5.41, 5.74) is 4.36. The van der Waals surface area contributed by atoms with Gasteiger partial charge in [-0.15, -0.1) is 0 Å². The number of hydrogen-bond donors (Lipinski definition) is 0. The monoisotopic (exact) mass is 269 g/mol. The summed E-state index contributed by atoms with van der Waals surface area (Å²) in [6.45, 7) is 4.13. The zero-order valence-corrected chi connectivity index (χ0v) is 11.5. The van der Waals surface area contributed by atoms with Crippen LogP contribution in [-0.2, 0) is 11.2 Å². The Morgan fingerprint density at radius 1 is 1.45 bits per heavy atom. The third-order valence-electron chi connectivity index (χ3n) is 3.21. The van der Waals surface area contributed by atoms with E-state index in [-0.39, 0.29) is 5.97 Å². The molecule has 0 radical (unpaired) electrons. The second-order valence-electron chi connectivity index (χ2n) is 4.69. The zero-order valence-electron chi connectivity index (χ0n) is 11.5. The number of carbonyl (C=O) groups is 1. The first-order chi connectivity index (χ1) is 9.69. The Balaban J connectivity index is 2.13. The fraction of sp³-hybridized carbons (Fsp3) is 0.267. The van der Waals surface area contributed by atoms with Crippen molar-refractivity contribution in [1.29, 1.82) is 0 Å². The van der Waals surface area contributed by atoms with Crippen molar-refractivity contribution in [3.63, 3.8) is 0 Å². The van der Waals surface area contributed by atoms with Crippen LogP contribution in [0.2, 0.25) is 0 Å². The van der Waals surface area contributed by atoms with Crippen molar-refractivity contribution in [1.82, 2.24) is 9.78 Å². The van der Waals surface area contributed by atoms with Crippen LogP contribution in [0.25, 0.3) is 5.69 Å². The molecule has 0 unspecified atom stereocenters. The number of carbonyl (C=O) groups excluding carboxylic acids is 1. The molecular weight excluding hydrogens is 254 g/mol. The molecular formula is C15H15N3O2. The van der Waals surface area contributed by atoms with Crippen molar-refractivity contribution in [2.24, 2.45) is 4.99 Å². The average molecular weight is 269 g/mol. The van der Waals surface area contributed by atoms with Crippen LogP contribution in [0.1, 0.15) is 29.8 Å². The molecule has 0 atom stereocenters. The van der Waals surface area contributed by atoms with Crippen LogP contribution in [-0.4, -0.2) is 28.1 Å². The number of nitrogens with zero attached hydrogens (tertiary/aromatic N) is 3. The van der Waals surface area contributed by atoms with Crippen LogP contribution in [0.3, 0.4) is 0 Å². The van der Waals surface area contributed by atoms with Crippen molar-refractivity contribution in [2.45, 2.75) is 20.3 Å². The van der Waals surface area contributed by atoms with E-state index in [1.54, 1.807) is 23.9 Å². The molecule has 20 heavy (non-hydrogen) atoms. The highest BCUT2D eigenvalue weighted by molar-refractivity contribution is 5.97. The van der Waals surface area contributed by atoms with Gasteiger partial charge in [0.1, 0.15) is 0 Å². The molecule has 0 spiro atoms. The van der Waals surface area contributed by atoms with Gasteiger partial charge in [-0.05, 0) is 32.0 Å². The van der Waals surface area contributed by atoms with Gasteiger partial charge >= 0.3 is 5.97 Å². The van der Waals surface area contributed by atoms with E-state index in [4.69, 9.17) is 4.74 Å². The number of aromatic nitrogens is 2. The summed E-state index contributed by atoms with van der Waals surface area (Å²) in [6.07, 6.45) is 4.36. The largest absolute Gasteiger partial charge is 0.462 e. The third kappa shape index (κ3) is 2.11. The average Bonchev–Trinajstić information content (AvgIpc) is 3.05. The number of esters is 1. The first-order valence-corrected chi connectivity index (χ1v) is 6.57. The van der Waals surface area contributed by atoms with E-state index in [1.165, 1.54) is 0 Å². The van der Waals surface area contributed by atoms with Crippen LogP contribution < -0.4 is 0 Å². The molecule has 2 heterocycles. The lowest BCUT2D eigenvalue weighted by atomic mass is 10.0. The molecule has 1 aromatic carbocycles. The predicted octanol–water partition coefficient (Wildman–Crippen LogP) is 2.70. The van der Waals surface area contributed by atoms with E-state index < -0.39 is 0 Å². The number of rotatable bonds is 3. The molecule has 5 heteroatoms. The van der Waals surface area contributed by atoms with Crippen LogP contribution in [0, 0.1) is 0 Å². The van der Waals surface area contributed by atoms with Gasteiger partial charge in [0.05, 0.1) is 23.5 Å². The molecule has 0 saturated carbocycles. The zero-order chi connectivity index (χ0) is 14.1. The minimum Gasteiger partial charge on any atom is -0.462 e. The Morgan fingerprint density at radius 2 is 2.30 bits per heavy atom. The van der Waals surface area contributed by atoms with Gasteiger partial charge in [-0.3, -0.25) is 4.99 Å². The molecule has 0 saturated heterocycles. The molecule has 0 N–H and O–H groups in total. The Hall–Kier alpha value is -2.43. The van der Waals surface area contributed by atoms with E-state index in [0.717, 1.165) is 29.1 Å². The van der Waals surface area contributed by atoms with Gasteiger partial charge in [-0.2, -0.15) is 5.10 Å². The fourth-order valence-corrected chi connectivity index (χ4v) is 2.37. The number of benzene rings is 1. The highest BCUT2D eigenvalue weighted by Gasteiger charge is 2.21. The minimum atomic E-state index is -0.330. The SMILES string of the molecule is CCOC(=O)c1cc2c(c(-n3cccn3)c1)CC(C)=N2. The fourth-order valence-electron chi connectivity index (χ4n) is 2.37. The lowest BCUT2D eigenvalue weighted by Gasteiger charge is -2.10. The molecule has 1 aliphatic heterocycles. The van der Waals surface area contributed by atoms with E-state index in [9.17, 15) is 4.79 Å². The van der Waals surface area contributed by atoms with Gasteiger partial charge in [0.2, 0.25) is 0 Å². The molecule has 1 aliphatic rings. The Labute approximate surface area is 116 Å². The Morgan fingerprint density at radius 3 is 3.00 bits per heavy atom. The van der Waals surface area contributed by atoms with E-state index >= 15 is 0 Å². The number of aliphatic imine (C=N–C) groups is 1. The standard InChI is InChI=1S/C15H15N3O2/c1-3-20-15(19)11-8-13-12(7-10(2)17-13)14(9-11)18-6-4-5-16-18/h4-6,8-9H,3,7H2,1-2H3. The normalized spacial score (nSPS) is 13.0. The van der Waals surface area contributed by atoms with Crippen molar-refractivity contribution < 1.29 is 9.53 Å². The highest BCUT2D eigenvalue weighted by atomic mass is 16.5. The third-order valence-corrected chi connectivity index (χ3v) is 3.21. The lowest BCUT2D eigenvalue weighted by Crippen LogP contribution is -2.08. The maximum Gasteiger partial charge on any atom is 0.338 e. The Kier molecular flexibility index (Phi) is 3.10. The summed E-state index contributed by atoms with van der Waals surface area (Å²) in [4.78, 5) is 16.4. The molecule has 102 valence electrons. The Bertz CT molecular complexity index is 687. The van der Waals surface area contributed by atoms with Crippen molar-refractivity contribution in [2.75, 3.05) is 6.61 Å². The van der Waals surface area contributed by atoms with E-state index in [0.29, 0.717) is 12.2 Å². The summed E-state index contributed by atoms with van der Waals surface area (Å²) < 4.78 is 6.83. The number of ether oxygens (including phenoxy) is 1. The van der Waals surface area contributed by atoms with Gasteiger partial charge in [0, 0.05) is 30.1 Å². The quantitative estimate of drug-likeness (QED) is 0.805. The van der Waals surface area contributed by atoms with Gasteiger partial charge in [-0.25, -0.2) is 9.48 Å². The lowest BCUT2D eigenvalue weighted by molar-refractivity contribution is 0.0526. The smallest absolute Gasteiger partial charge is 0.338 e. The van der Waals surface area contributed by atoms with Crippen LogP contribution in [0.5, 0.6) is 0 Å². The summed E-state index contributed by atoms with van der Waals surface area (Å²) in [5, 5.41) is 4.25. The summed E-state index contributed by atoms with van der Waals surface area (Å²) >= 11 is 0.